The number of aromatic nitrogens is 1. The second-order valence-electron chi connectivity index (χ2n) is 4.40. The molecule has 2 N–H and O–H groups in total. The Hall–Kier alpha value is -1.58. The largest absolute Gasteiger partial charge is 0.380 e. The summed E-state index contributed by atoms with van der Waals surface area (Å²) >= 11 is 0. The monoisotopic (exact) mass is 235 g/mol. The first-order valence-electron chi connectivity index (χ1n) is 6.01. The zero-order valence-corrected chi connectivity index (χ0v) is 11.0. The van der Waals surface area contributed by atoms with E-state index in [1.165, 1.54) is 0 Å². The summed E-state index contributed by atoms with van der Waals surface area (Å²) in [5, 5.41) is 6.02. The second-order valence-corrected chi connectivity index (χ2v) is 4.40. The summed E-state index contributed by atoms with van der Waals surface area (Å²) in [6.07, 6.45) is 3.71. The third kappa shape index (κ3) is 3.44. The Balaban J connectivity index is 2.89. The summed E-state index contributed by atoms with van der Waals surface area (Å²) in [5.74, 6) is -0.164. The average Bonchev–Trinajstić information content (AvgIpc) is 2.38. The van der Waals surface area contributed by atoms with Crippen LogP contribution in [-0.2, 0) is 0 Å². The highest BCUT2D eigenvalue weighted by molar-refractivity contribution is 5.92. The lowest BCUT2D eigenvalue weighted by Crippen LogP contribution is -2.33. The molecule has 4 heteroatoms. The molecule has 0 unspecified atom stereocenters. The van der Waals surface area contributed by atoms with Gasteiger partial charge < -0.3 is 10.6 Å². The fourth-order valence-corrected chi connectivity index (χ4v) is 1.54. The van der Waals surface area contributed by atoms with Gasteiger partial charge in [-0.3, -0.25) is 9.78 Å². The summed E-state index contributed by atoms with van der Waals surface area (Å²) in [5.41, 5.74) is 1.43. The van der Waals surface area contributed by atoms with Crippen LogP contribution in [-0.4, -0.2) is 23.5 Å². The Morgan fingerprint density at radius 3 is 2.59 bits per heavy atom. The topological polar surface area (TPSA) is 54.0 Å². The zero-order valence-electron chi connectivity index (χ0n) is 11.0. The molecule has 0 aromatic carbocycles. The van der Waals surface area contributed by atoms with Gasteiger partial charge in [0.25, 0.3) is 5.91 Å². The maximum Gasteiger partial charge on any atom is 0.269 e. The Bertz CT molecular complexity index is 386. The lowest BCUT2D eigenvalue weighted by molar-refractivity contribution is 0.0958. The van der Waals surface area contributed by atoms with E-state index in [0.29, 0.717) is 5.69 Å². The van der Waals surface area contributed by atoms with E-state index in [1.54, 1.807) is 19.3 Å². The van der Waals surface area contributed by atoms with Gasteiger partial charge in [0, 0.05) is 24.5 Å². The van der Waals surface area contributed by atoms with Crippen LogP contribution in [0.3, 0.4) is 0 Å². The van der Waals surface area contributed by atoms with Crippen LogP contribution in [0, 0.1) is 0 Å². The fourth-order valence-electron chi connectivity index (χ4n) is 1.54. The standard InChI is InChI=1S/C13H21N3O/c1-5-13(3,6-2)16-10-7-8-15-11(9-10)12(17)14-4/h7-9H,5-6H2,1-4H3,(H,14,17)(H,15,16). The van der Waals surface area contributed by atoms with Crippen molar-refractivity contribution in [2.24, 2.45) is 0 Å². The fraction of sp³-hybridized carbons (Fsp3) is 0.538. The Labute approximate surface area is 103 Å². The molecule has 4 nitrogen and oxygen atoms in total. The second kappa shape index (κ2) is 5.66. The van der Waals surface area contributed by atoms with Gasteiger partial charge >= 0.3 is 0 Å². The Kier molecular flexibility index (Phi) is 4.49. The molecule has 0 saturated heterocycles. The van der Waals surface area contributed by atoms with Gasteiger partial charge in [-0.1, -0.05) is 13.8 Å². The van der Waals surface area contributed by atoms with E-state index in [2.05, 4.69) is 36.4 Å². The van der Waals surface area contributed by atoms with Crippen molar-refractivity contribution in [3.05, 3.63) is 24.0 Å². The maximum absolute atomic E-state index is 11.5. The molecule has 0 radical (unpaired) electrons. The van der Waals surface area contributed by atoms with Crippen molar-refractivity contribution in [3.8, 4) is 0 Å². The van der Waals surface area contributed by atoms with Crippen LogP contribution >= 0.6 is 0 Å². The molecular weight excluding hydrogens is 214 g/mol. The van der Waals surface area contributed by atoms with Crippen LogP contribution in [0.15, 0.2) is 18.3 Å². The molecule has 94 valence electrons. The van der Waals surface area contributed by atoms with Crippen molar-refractivity contribution >= 4 is 11.6 Å². The number of carbonyl (C=O) groups is 1. The minimum Gasteiger partial charge on any atom is -0.380 e. The van der Waals surface area contributed by atoms with Gasteiger partial charge in [-0.25, -0.2) is 0 Å². The van der Waals surface area contributed by atoms with Gasteiger partial charge in [-0.05, 0) is 31.9 Å². The highest BCUT2D eigenvalue weighted by Crippen LogP contribution is 2.21. The molecule has 1 aromatic heterocycles. The van der Waals surface area contributed by atoms with Gasteiger partial charge in [-0.2, -0.15) is 0 Å². The SMILES string of the molecule is CCC(C)(CC)Nc1ccnc(C(=O)NC)c1. The normalized spacial score (nSPS) is 11.1. The van der Waals surface area contributed by atoms with Crippen molar-refractivity contribution in [3.63, 3.8) is 0 Å². The molecule has 0 saturated carbocycles. The molecule has 1 heterocycles. The van der Waals surface area contributed by atoms with Crippen LogP contribution in [0.1, 0.15) is 44.1 Å². The van der Waals surface area contributed by atoms with Crippen LogP contribution in [0.25, 0.3) is 0 Å². The number of hydrogen-bond acceptors (Lipinski definition) is 3. The lowest BCUT2D eigenvalue weighted by atomic mass is 9.95. The van der Waals surface area contributed by atoms with E-state index in [-0.39, 0.29) is 11.4 Å². The van der Waals surface area contributed by atoms with Gasteiger partial charge in [0.15, 0.2) is 0 Å². The van der Waals surface area contributed by atoms with E-state index in [0.717, 1.165) is 18.5 Å². The Morgan fingerprint density at radius 1 is 1.41 bits per heavy atom. The molecule has 0 fully saturated rings. The van der Waals surface area contributed by atoms with Crippen molar-refractivity contribution in [2.45, 2.75) is 39.2 Å². The van der Waals surface area contributed by atoms with E-state index >= 15 is 0 Å². The van der Waals surface area contributed by atoms with Crippen LogP contribution < -0.4 is 10.6 Å². The summed E-state index contributed by atoms with van der Waals surface area (Å²) < 4.78 is 0. The van der Waals surface area contributed by atoms with Gasteiger partial charge in [-0.15, -0.1) is 0 Å². The number of nitrogens with zero attached hydrogens (tertiary/aromatic N) is 1. The first-order chi connectivity index (χ1) is 8.04. The predicted octanol–water partition coefficient (Wildman–Crippen LogP) is 2.43. The minimum atomic E-state index is -0.164. The molecule has 0 aliphatic heterocycles. The zero-order chi connectivity index (χ0) is 12.9. The molecule has 1 amide bonds. The molecule has 1 rings (SSSR count). The molecule has 0 bridgehead atoms. The lowest BCUT2D eigenvalue weighted by Gasteiger charge is -2.29. The molecule has 1 aromatic rings. The summed E-state index contributed by atoms with van der Waals surface area (Å²) in [7, 11) is 1.60. The number of rotatable bonds is 5. The molecule has 0 spiro atoms. The molecular formula is C13H21N3O. The first kappa shape index (κ1) is 13.5. The van der Waals surface area contributed by atoms with Crippen molar-refractivity contribution in [1.29, 1.82) is 0 Å². The third-order valence-electron chi connectivity index (χ3n) is 3.23. The van der Waals surface area contributed by atoms with E-state index in [9.17, 15) is 4.79 Å². The van der Waals surface area contributed by atoms with E-state index < -0.39 is 0 Å². The molecule has 0 atom stereocenters. The Morgan fingerprint density at radius 2 is 2.06 bits per heavy atom. The first-order valence-corrected chi connectivity index (χ1v) is 6.01. The summed E-state index contributed by atoms with van der Waals surface area (Å²) in [4.78, 5) is 15.5. The van der Waals surface area contributed by atoms with Crippen LogP contribution in [0.2, 0.25) is 0 Å². The van der Waals surface area contributed by atoms with Gasteiger partial charge in [0.1, 0.15) is 5.69 Å². The highest BCUT2D eigenvalue weighted by atomic mass is 16.1. The van der Waals surface area contributed by atoms with Crippen LogP contribution in [0.5, 0.6) is 0 Å². The van der Waals surface area contributed by atoms with E-state index in [1.807, 2.05) is 6.07 Å². The quantitative estimate of drug-likeness (QED) is 0.824. The third-order valence-corrected chi connectivity index (χ3v) is 3.23. The smallest absolute Gasteiger partial charge is 0.269 e. The number of amides is 1. The molecule has 0 aliphatic rings. The predicted molar refractivity (Wildman–Crippen MR) is 70.2 cm³/mol. The number of hydrogen-bond donors (Lipinski definition) is 2. The molecule has 17 heavy (non-hydrogen) atoms. The van der Waals surface area contributed by atoms with Crippen molar-refractivity contribution in [2.75, 3.05) is 12.4 Å². The highest BCUT2D eigenvalue weighted by Gasteiger charge is 2.19. The number of anilines is 1. The maximum atomic E-state index is 11.5. The van der Waals surface area contributed by atoms with Crippen molar-refractivity contribution < 1.29 is 4.79 Å². The van der Waals surface area contributed by atoms with Crippen molar-refractivity contribution in [1.82, 2.24) is 10.3 Å². The summed E-state index contributed by atoms with van der Waals surface area (Å²) in [6, 6.07) is 3.67. The number of pyridine rings is 1. The van der Waals surface area contributed by atoms with Gasteiger partial charge in [0.2, 0.25) is 0 Å². The number of carbonyl (C=O) groups excluding carboxylic acids is 1. The van der Waals surface area contributed by atoms with E-state index in [4.69, 9.17) is 0 Å². The number of nitrogens with one attached hydrogen (secondary N) is 2. The van der Waals surface area contributed by atoms with Gasteiger partial charge in [0.05, 0.1) is 0 Å². The summed E-state index contributed by atoms with van der Waals surface area (Å²) in [6.45, 7) is 6.47. The average molecular weight is 235 g/mol. The van der Waals surface area contributed by atoms with Crippen LogP contribution in [0.4, 0.5) is 5.69 Å². The molecule has 0 aliphatic carbocycles. The minimum absolute atomic E-state index is 0.0569.